The molecule has 0 saturated heterocycles. The molecule has 1 rings (SSSR count). The molecular weight excluding hydrogens is 166 g/mol. The van der Waals surface area contributed by atoms with Crippen LogP contribution in [-0.2, 0) is 9.59 Å². The number of hydrogen-bond donors (Lipinski definition) is 1. The van der Waals surface area contributed by atoms with Crippen LogP contribution >= 0.6 is 0 Å². The van der Waals surface area contributed by atoms with E-state index in [9.17, 15) is 9.59 Å². The first kappa shape index (κ1) is 9.45. The van der Waals surface area contributed by atoms with E-state index < -0.39 is 5.91 Å². The Morgan fingerprint density at radius 1 is 1.38 bits per heavy atom. The normalized spacial score (nSPS) is 15.8. The summed E-state index contributed by atoms with van der Waals surface area (Å²) in [4.78, 5) is 22.1. The standard InChI is InChI=1S/C10H11NO2/c1-7(12)8-5-3-2-4-6-9(8)10(11)13/h2-3,5-6H,4H2,1H3,(H2,11,13). The lowest BCUT2D eigenvalue weighted by Gasteiger charge is -2.02. The summed E-state index contributed by atoms with van der Waals surface area (Å²) in [6.07, 6.45) is 7.53. The minimum Gasteiger partial charge on any atom is -0.366 e. The second kappa shape index (κ2) is 3.85. The lowest BCUT2D eigenvalue weighted by atomic mass is 10.0. The predicted molar refractivity (Wildman–Crippen MR) is 49.8 cm³/mol. The molecule has 1 aliphatic carbocycles. The van der Waals surface area contributed by atoms with Crippen LogP contribution in [0.5, 0.6) is 0 Å². The van der Waals surface area contributed by atoms with Crippen LogP contribution < -0.4 is 5.73 Å². The van der Waals surface area contributed by atoms with Crippen molar-refractivity contribution in [2.24, 2.45) is 5.73 Å². The van der Waals surface area contributed by atoms with Gasteiger partial charge in [0.05, 0.1) is 0 Å². The molecule has 0 spiro atoms. The summed E-state index contributed by atoms with van der Waals surface area (Å²) in [7, 11) is 0. The quantitative estimate of drug-likeness (QED) is 0.680. The fourth-order valence-corrected chi connectivity index (χ4v) is 1.17. The van der Waals surface area contributed by atoms with Crippen LogP contribution in [0.2, 0.25) is 0 Å². The van der Waals surface area contributed by atoms with Crippen molar-refractivity contribution in [3.8, 4) is 0 Å². The number of allylic oxidation sites excluding steroid dienone is 4. The Hall–Kier alpha value is -1.64. The Balaban J connectivity index is 3.11. The van der Waals surface area contributed by atoms with E-state index in [4.69, 9.17) is 5.73 Å². The average molecular weight is 177 g/mol. The average Bonchev–Trinajstić information content (AvgIpc) is 2.27. The van der Waals surface area contributed by atoms with E-state index in [0.717, 1.165) is 0 Å². The SMILES string of the molecule is CC(=O)C1=CC=CCC=C1C(N)=O. The lowest BCUT2D eigenvalue weighted by molar-refractivity contribution is -0.116. The van der Waals surface area contributed by atoms with Gasteiger partial charge in [0.1, 0.15) is 0 Å². The number of rotatable bonds is 2. The van der Waals surface area contributed by atoms with Gasteiger partial charge in [-0.1, -0.05) is 24.3 Å². The molecule has 1 aliphatic rings. The molecule has 0 aliphatic heterocycles. The van der Waals surface area contributed by atoms with Crippen molar-refractivity contribution in [1.82, 2.24) is 0 Å². The van der Waals surface area contributed by atoms with E-state index in [0.29, 0.717) is 17.6 Å². The molecule has 0 bridgehead atoms. The number of amides is 1. The highest BCUT2D eigenvalue weighted by Gasteiger charge is 2.14. The van der Waals surface area contributed by atoms with Gasteiger partial charge in [-0.25, -0.2) is 0 Å². The second-order valence-electron chi connectivity index (χ2n) is 2.78. The first-order valence-corrected chi connectivity index (χ1v) is 4.01. The molecule has 3 nitrogen and oxygen atoms in total. The van der Waals surface area contributed by atoms with E-state index in [-0.39, 0.29) is 5.78 Å². The highest BCUT2D eigenvalue weighted by molar-refractivity contribution is 6.10. The van der Waals surface area contributed by atoms with Gasteiger partial charge in [0.2, 0.25) is 5.91 Å². The monoisotopic (exact) mass is 177 g/mol. The zero-order valence-electron chi connectivity index (χ0n) is 7.41. The van der Waals surface area contributed by atoms with Gasteiger partial charge in [-0.05, 0) is 13.3 Å². The largest absolute Gasteiger partial charge is 0.366 e. The number of carbonyl (C=O) groups is 2. The van der Waals surface area contributed by atoms with Crippen LogP contribution in [0.1, 0.15) is 13.3 Å². The molecule has 3 heteroatoms. The number of ketones is 1. The lowest BCUT2D eigenvalue weighted by Crippen LogP contribution is -2.18. The first-order chi connectivity index (χ1) is 6.13. The van der Waals surface area contributed by atoms with Crippen molar-refractivity contribution in [2.75, 3.05) is 0 Å². The number of nitrogens with two attached hydrogens (primary N) is 1. The molecule has 68 valence electrons. The Labute approximate surface area is 76.6 Å². The molecule has 0 aromatic rings. The molecule has 13 heavy (non-hydrogen) atoms. The molecule has 0 saturated carbocycles. The summed E-state index contributed by atoms with van der Waals surface area (Å²) in [6, 6.07) is 0. The van der Waals surface area contributed by atoms with E-state index in [1.165, 1.54) is 6.92 Å². The maximum atomic E-state index is 11.1. The molecule has 1 amide bonds. The topological polar surface area (TPSA) is 60.2 Å². The molecule has 0 atom stereocenters. The van der Waals surface area contributed by atoms with E-state index >= 15 is 0 Å². The van der Waals surface area contributed by atoms with Crippen LogP contribution in [0.3, 0.4) is 0 Å². The van der Waals surface area contributed by atoms with Crippen molar-refractivity contribution in [1.29, 1.82) is 0 Å². The highest BCUT2D eigenvalue weighted by atomic mass is 16.1. The van der Waals surface area contributed by atoms with Crippen molar-refractivity contribution < 1.29 is 9.59 Å². The first-order valence-electron chi connectivity index (χ1n) is 4.01. The van der Waals surface area contributed by atoms with Gasteiger partial charge in [-0.15, -0.1) is 0 Å². The maximum Gasteiger partial charge on any atom is 0.249 e. The molecular formula is C10H11NO2. The Morgan fingerprint density at radius 2 is 2.08 bits per heavy atom. The summed E-state index contributed by atoms with van der Waals surface area (Å²) >= 11 is 0. The Morgan fingerprint density at radius 3 is 2.62 bits per heavy atom. The van der Waals surface area contributed by atoms with Crippen LogP contribution in [0.25, 0.3) is 0 Å². The Bertz CT molecular complexity index is 335. The van der Waals surface area contributed by atoms with E-state index in [2.05, 4.69) is 0 Å². The molecule has 0 aromatic carbocycles. The van der Waals surface area contributed by atoms with Gasteiger partial charge in [-0.3, -0.25) is 9.59 Å². The summed E-state index contributed by atoms with van der Waals surface area (Å²) < 4.78 is 0. The smallest absolute Gasteiger partial charge is 0.249 e. The van der Waals surface area contributed by atoms with E-state index in [1.807, 2.05) is 6.08 Å². The second-order valence-corrected chi connectivity index (χ2v) is 2.78. The summed E-state index contributed by atoms with van der Waals surface area (Å²) in [5.74, 6) is -0.693. The van der Waals surface area contributed by atoms with Gasteiger partial charge in [-0.2, -0.15) is 0 Å². The van der Waals surface area contributed by atoms with Crippen LogP contribution in [0.4, 0.5) is 0 Å². The summed E-state index contributed by atoms with van der Waals surface area (Å²) in [5, 5.41) is 0. The molecule has 0 heterocycles. The maximum absolute atomic E-state index is 11.1. The third-order valence-electron chi connectivity index (χ3n) is 1.79. The van der Waals surface area contributed by atoms with Gasteiger partial charge in [0, 0.05) is 11.1 Å². The molecule has 0 fully saturated rings. The number of carbonyl (C=O) groups excluding carboxylic acids is 2. The summed E-state index contributed by atoms with van der Waals surface area (Å²) in [5.41, 5.74) is 5.84. The van der Waals surface area contributed by atoms with Crippen molar-refractivity contribution in [2.45, 2.75) is 13.3 Å². The minimum absolute atomic E-state index is 0.142. The number of Topliss-reactive ketones (excluding diaryl/α,β-unsaturated/α-hetero) is 1. The third kappa shape index (κ3) is 2.15. The fourth-order valence-electron chi connectivity index (χ4n) is 1.17. The highest BCUT2D eigenvalue weighted by Crippen LogP contribution is 2.15. The number of primary amides is 1. The van der Waals surface area contributed by atoms with E-state index in [1.54, 1.807) is 18.2 Å². The molecule has 2 N–H and O–H groups in total. The Kier molecular flexibility index (Phi) is 2.80. The molecule has 0 unspecified atom stereocenters. The van der Waals surface area contributed by atoms with Crippen molar-refractivity contribution >= 4 is 11.7 Å². The summed E-state index contributed by atoms with van der Waals surface area (Å²) in [6.45, 7) is 1.42. The van der Waals surface area contributed by atoms with Crippen LogP contribution in [-0.4, -0.2) is 11.7 Å². The van der Waals surface area contributed by atoms with Gasteiger partial charge in [0.25, 0.3) is 0 Å². The number of hydrogen-bond acceptors (Lipinski definition) is 2. The molecule has 0 radical (unpaired) electrons. The van der Waals surface area contributed by atoms with Crippen molar-refractivity contribution in [3.63, 3.8) is 0 Å². The van der Waals surface area contributed by atoms with Crippen molar-refractivity contribution in [3.05, 3.63) is 35.5 Å². The van der Waals surface area contributed by atoms with Crippen LogP contribution in [0, 0.1) is 0 Å². The third-order valence-corrected chi connectivity index (χ3v) is 1.79. The minimum atomic E-state index is -0.551. The van der Waals surface area contributed by atoms with Gasteiger partial charge >= 0.3 is 0 Å². The zero-order chi connectivity index (χ0) is 9.84. The van der Waals surface area contributed by atoms with Gasteiger partial charge in [0.15, 0.2) is 5.78 Å². The van der Waals surface area contributed by atoms with Gasteiger partial charge < -0.3 is 5.73 Å². The molecule has 0 aromatic heterocycles. The fraction of sp³-hybridized carbons (Fsp3) is 0.200. The van der Waals surface area contributed by atoms with Crippen LogP contribution in [0.15, 0.2) is 35.5 Å². The predicted octanol–water partition coefficient (Wildman–Crippen LogP) is 0.873. The zero-order valence-corrected chi connectivity index (χ0v) is 7.41.